The average Bonchev–Trinajstić information content (AvgIpc) is 2.44. The lowest BCUT2D eigenvalue weighted by molar-refractivity contribution is 0.405. The first kappa shape index (κ1) is 14.9. The summed E-state index contributed by atoms with van der Waals surface area (Å²) in [5.41, 5.74) is 4.71. The first-order chi connectivity index (χ1) is 9.56. The van der Waals surface area contributed by atoms with E-state index in [4.69, 9.17) is 16.3 Å². The molecule has 2 aromatic carbocycles. The van der Waals surface area contributed by atoms with Crippen LogP contribution in [0.4, 0.5) is 0 Å². The number of hydrogen-bond acceptors (Lipinski definition) is 2. The lowest BCUT2D eigenvalue weighted by Gasteiger charge is -2.22. The van der Waals surface area contributed by atoms with Crippen LogP contribution in [0.2, 0.25) is 5.02 Å². The van der Waals surface area contributed by atoms with Gasteiger partial charge in [0.05, 0.1) is 13.2 Å². The maximum absolute atomic E-state index is 6.15. The van der Waals surface area contributed by atoms with Crippen LogP contribution in [0.5, 0.6) is 5.75 Å². The zero-order valence-corrected chi connectivity index (χ0v) is 13.1. The normalized spacial score (nSPS) is 12.2. The second-order valence-electron chi connectivity index (χ2n) is 4.97. The van der Waals surface area contributed by atoms with Crippen molar-refractivity contribution in [2.24, 2.45) is 0 Å². The van der Waals surface area contributed by atoms with E-state index < -0.39 is 0 Å². The number of methoxy groups -OCH3 is 1. The van der Waals surface area contributed by atoms with E-state index in [-0.39, 0.29) is 6.04 Å². The molecule has 2 rings (SSSR count). The zero-order valence-electron chi connectivity index (χ0n) is 12.3. The fourth-order valence-electron chi connectivity index (χ4n) is 2.48. The first-order valence-corrected chi connectivity index (χ1v) is 7.02. The summed E-state index contributed by atoms with van der Waals surface area (Å²) < 4.78 is 5.50. The molecule has 0 radical (unpaired) electrons. The van der Waals surface area contributed by atoms with Crippen LogP contribution in [0.3, 0.4) is 0 Å². The minimum absolute atomic E-state index is 0.0588. The number of ether oxygens (including phenoxy) is 1. The topological polar surface area (TPSA) is 21.3 Å². The van der Waals surface area contributed by atoms with Crippen LogP contribution in [-0.4, -0.2) is 14.2 Å². The molecule has 0 aliphatic rings. The van der Waals surface area contributed by atoms with Gasteiger partial charge in [0.15, 0.2) is 0 Å². The van der Waals surface area contributed by atoms with Gasteiger partial charge in [-0.3, -0.25) is 0 Å². The van der Waals surface area contributed by atoms with E-state index in [1.807, 2.05) is 31.3 Å². The number of rotatable bonds is 4. The van der Waals surface area contributed by atoms with E-state index in [1.54, 1.807) is 7.11 Å². The maximum atomic E-state index is 6.15. The fraction of sp³-hybridized carbons (Fsp3) is 0.294. The van der Waals surface area contributed by atoms with Crippen LogP contribution in [0.1, 0.15) is 28.3 Å². The molecule has 0 aliphatic carbocycles. The van der Waals surface area contributed by atoms with Crippen LogP contribution in [0.15, 0.2) is 36.4 Å². The van der Waals surface area contributed by atoms with Gasteiger partial charge in [-0.05, 0) is 50.2 Å². The molecular weight excluding hydrogens is 270 g/mol. The lowest BCUT2D eigenvalue weighted by atomic mass is 9.93. The Bertz CT molecular complexity index is 610. The predicted octanol–water partition coefficient (Wildman–Crippen LogP) is 4.27. The minimum Gasteiger partial charge on any atom is -0.496 e. The average molecular weight is 290 g/mol. The summed E-state index contributed by atoms with van der Waals surface area (Å²) in [5.74, 6) is 0.884. The first-order valence-electron chi connectivity index (χ1n) is 6.64. The van der Waals surface area contributed by atoms with Crippen LogP contribution in [0.25, 0.3) is 0 Å². The minimum atomic E-state index is 0.0588. The number of nitrogens with one attached hydrogen (secondary N) is 1. The second-order valence-corrected chi connectivity index (χ2v) is 5.40. The van der Waals surface area contributed by atoms with E-state index in [9.17, 15) is 0 Å². The molecule has 1 unspecified atom stereocenters. The zero-order chi connectivity index (χ0) is 14.7. The summed E-state index contributed by atoms with van der Waals surface area (Å²) in [6.45, 7) is 4.18. The van der Waals surface area contributed by atoms with Gasteiger partial charge in [0.1, 0.15) is 5.75 Å². The third-order valence-corrected chi connectivity index (χ3v) is 3.77. The SMILES string of the molecule is CNC(c1cc(Cl)ccc1C)c1cc(C)ccc1OC. The number of aryl methyl sites for hydroxylation is 2. The third-order valence-electron chi connectivity index (χ3n) is 3.54. The second kappa shape index (κ2) is 6.29. The molecule has 2 aromatic rings. The Kier molecular flexibility index (Phi) is 4.69. The molecule has 0 amide bonds. The van der Waals surface area contributed by atoms with Crippen molar-refractivity contribution in [3.05, 3.63) is 63.7 Å². The van der Waals surface area contributed by atoms with Crippen molar-refractivity contribution >= 4 is 11.6 Å². The molecule has 0 bridgehead atoms. The summed E-state index contributed by atoms with van der Waals surface area (Å²) >= 11 is 6.15. The van der Waals surface area contributed by atoms with E-state index in [0.717, 1.165) is 16.3 Å². The smallest absolute Gasteiger partial charge is 0.123 e. The highest BCUT2D eigenvalue weighted by molar-refractivity contribution is 6.30. The quantitative estimate of drug-likeness (QED) is 0.907. The van der Waals surface area contributed by atoms with Gasteiger partial charge in [0.25, 0.3) is 0 Å². The number of hydrogen-bond donors (Lipinski definition) is 1. The highest BCUT2D eigenvalue weighted by atomic mass is 35.5. The van der Waals surface area contributed by atoms with Crippen molar-refractivity contribution in [3.63, 3.8) is 0 Å². The largest absolute Gasteiger partial charge is 0.496 e. The van der Waals surface area contributed by atoms with E-state index >= 15 is 0 Å². The van der Waals surface area contributed by atoms with Crippen molar-refractivity contribution in [1.82, 2.24) is 5.32 Å². The van der Waals surface area contributed by atoms with Gasteiger partial charge in [0, 0.05) is 10.6 Å². The van der Waals surface area contributed by atoms with Crippen LogP contribution in [0, 0.1) is 13.8 Å². The van der Waals surface area contributed by atoms with Crippen molar-refractivity contribution in [3.8, 4) is 5.75 Å². The summed E-state index contributed by atoms with van der Waals surface area (Å²) in [6, 6.07) is 12.3. The standard InChI is InChI=1S/C17H20ClNO/c1-11-5-8-16(20-4)15(9-11)17(19-3)14-10-13(18)7-6-12(14)2/h5-10,17,19H,1-4H3. The van der Waals surface area contributed by atoms with Gasteiger partial charge in [-0.25, -0.2) is 0 Å². The molecule has 3 heteroatoms. The molecule has 1 atom stereocenters. The molecular formula is C17H20ClNO. The molecule has 0 fully saturated rings. The molecule has 0 aliphatic heterocycles. The molecule has 2 nitrogen and oxygen atoms in total. The van der Waals surface area contributed by atoms with Gasteiger partial charge >= 0.3 is 0 Å². The number of benzene rings is 2. The molecule has 0 aromatic heterocycles. The molecule has 0 saturated carbocycles. The third kappa shape index (κ3) is 2.97. The van der Waals surface area contributed by atoms with Crippen molar-refractivity contribution in [1.29, 1.82) is 0 Å². The molecule has 0 spiro atoms. The number of halogens is 1. The van der Waals surface area contributed by atoms with Crippen molar-refractivity contribution < 1.29 is 4.74 Å². The molecule has 1 N–H and O–H groups in total. The summed E-state index contributed by atoms with van der Waals surface area (Å²) in [6.07, 6.45) is 0. The van der Waals surface area contributed by atoms with E-state index in [1.165, 1.54) is 16.7 Å². The Morgan fingerprint density at radius 2 is 1.80 bits per heavy atom. The Morgan fingerprint density at radius 3 is 2.45 bits per heavy atom. The highest BCUT2D eigenvalue weighted by Crippen LogP contribution is 2.33. The van der Waals surface area contributed by atoms with Crippen LogP contribution < -0.4 is 10.1 Å². The van der Waals surface area contributed by atoms with Gasteiger partial charge in [-0.2, -0.15) is 0 Å². The fourth-order valence-corrected chi connectivity index (χ4v) is 2.66. The van der Waals surface area contributed by atoms with Crippen LogP contribution >= 0.6 is 11.6 Å². The van der Waals surface area contributed by atoms with Gasteiger partial charge < -0.3 is 10.1 Å². The molecule has 20 heavy (non-hydrogen) atoms. The van der Waals surface area contributed by atoms with Crippen LogP contribution in [-0.2, 0) is 0 Å². The van der Waals surface area contributed by atoms with E-state index in [0.29, 0.717) is 0 Å². The molecule has 0 heterocycles. The van der Waals surface area contributed by atoms with Crippen molar-refractivity contribution in [2.45, 2.75) is 19.9 Å². The summed E-state index contributed by atoms with van der Waals surface area (Å²) in [5, 5.41) is 4.11. The summed E-state index contributed by atoms with van der Waals surface area (Å²) in [4.78, 5) is 0. The Hall–Kier alpha value is -1.51. The van der Waals surface area contributed by atoms with Gasteiger partial charge in [-0.1, -0.05) is 35.4 Å². The monoisotopic (exact) mass is 289 g/mol. The molecule has 0 saturated heterocycles. The molecule has 106 valence electrons. The summed E-state index contributed by atoms with van der Waals surface area (Å²) in [7, 11) is 3.65. The predicted molar refractivity (Wildman–Crippen MR) is 84.8 cm³/mol. The lowest BCUT2D eigenvalue weighted by Crippen LogP contribution is -2.19. The van der Waals surface area contributed by atoms with Gasteiger partial charge in [0.2, 0.25) is 0 Å². The van der Waals surface area contributed by atoms with Crippen molar-refractivity contribution in [2.75, 3.05) is 14.2 Å². The van der Waals surface area contributed by atoms with Gasteiger partial charge in [-0.15, -0.1) is 0 Å². The Balaban J connectivity index is 2.57. The highest BCUT2D eigenvalue weighted by Gasteiger charge is 2.18. The maximum Gasteiger partial charge on any atom is 0.123 e. The Labute approximate surface area is 125 Å². The Morgan fingerprint density at radius 1 is 1.05 bits per heavy atom. The van der Waals surface area contributed by atoms with E-state index in [2.05, 4.69) is 31.3 Å².